The van der Waals surface area contributed by atoms with Crippen LogP contribution in [0.2, 0.25) is 0 Å². The number of thioether (sulfide) groups is 1. The van der Waals surface area contributed by atoms with E-state index < -0.39 is 6.29 Å². The zero-order chi connectivity index (χ0) is 29.9. The molecule has 0 radical (unpaired) electrons. The molecule has 0 bridgehead atoms. The summed E-state index contributed by atoms with van der Waals surface area (Å²) in [6.45, 7) is 2.31. The second kappa shape index (κ2) is 12.7. The Balaban J connectivity index is 1.21. The van der Waals surface area contributed by atoms with Crippen molar-refractivity contribution in [3.63, 3.8) is 0 Å². The molecule has 7 nitrogen and oxygen atoms in total. The summed E-state index contributed by atoms with van der Waals surface area (Å²) in [5.74, 6) is 1.02. The Morgan fingerprint density at radius 3 is 2.05 bits per heavy atom. The van der Waals surface area contributed by atoms with Gasteiger partial charge in [-0.15, -0.1) is 11.8 Å². The SMILES string of the molecule is COc1ccccc1SC[C@H]1O[C@@H](c2ccc(CN3C(=O)c4ccccc4C3=O)cc2)O[C@@H](c2ccc(CO)cc2)[C@H]1C. The van der Waals surface area contributed by atoms with Gasteiger partial charge in [-0.05, 0) is 41.0 Å². The summed E-state index contributed by atoms with van der Waals surface area (Å²) in [5.41, 5.74) is 4.43. The number of carbonyl (C=O) groups is 2. The number of para-hydroxylation sites is 1. The van der Waals surface area contributed by atoms with E-state index in [1.54, 1.807) is 43.1 Å². The van der Waals surface area contributed by atoms with Gasteiger partial charge >= 0.3 is 0 Å². The highest BCUT2D eigenvalue weighted by atomic mass is 32.2. The Labute approximate surface area is 255 Å². The van der Waals surface area contributed by atoms with Crippen LogP contribution in [0.4, 0.5) is 0 Å². The highest BCUT2D eigenvalue weighted by Crippen LogP contribution is 2.43. The van der Waals surface area contributed by atoms with E-state index in [9.17, 15) is 14.7 Å². The van der Waals surface area contributed by atoms with Crippen molar-refractivity contribution in [3.05, 3.63) is 130 Å². The number of ether oxygens (including phenoxy) is 3. The number of amides is 2. The maximum absolute atomic E-state index is 12.8. The van der Waals surface area contributed by atoms with E-state index in [-0.39, 0.29) is 43.1 Å². The van der Waals surface area contributed by atoms with Crippen LogP contribution in [0.25, 0.3) is 0 Å². The molecule has 2 amide bonds. The van der Waals surface area contributed by atoms with Gasteiger partial charge in [-0.1, -0.05) is 79.7 Å². The molecule has 0 saturated carbocycles. The summed E-state index contributed by atoms with van der Waals surface area (Å²) in [6.07, 6.45) is -0.975. The summed E-state index contributed by atoms with van der Waals surface area (Å²) >= 11 is 1.69. The Morgan fingerprint density at radius 2 is 1.40 bits per heavy atom. The average Bonchev–Trinajstić information content (AvgIpc) is 3.29. The van der Waals surface area contributed by atoms with Crippen LogP contribution in [0.5, 0.6) is 5.75 Å². The monoisotopic (exact) mass is 595 g/mol. The van der Waals surface area contributed by atoms with Crippen molar-refractivity contribution < 1.29 is 28.9 Å². The molecule has 0 aliphatic carbocycles. The van der Waals surface area contributed by atoms with Gasteiger partial charge in [0.1, 0.15) is 5.75 Å². The first-order valence-electron chi connectivity index (χ1n) is 14.3. The minimum atomic E-state index is -0.615. The fourth-order valence-corrected chi connectivity index (χ4v) is 6.76. The van der Waals surface area contributed by atoms with E-state index >= 15 is 0 Å². The Hall–Kier alpha value is -3.95. The van der Waals surface area contributed by atoms with Crippen LogP contribution < -0.4 is 4.74 Å². The fraction of sp³-hybridized carbons (Fsp3) is 0.257. The van der Waals surface area contributed by atoms with Crippen molar-refractivity contribution in [3.8, 4) is 5.75 Å². The first kappa shape index (κ1) is 29.1. The Morgan fingerprint density at radius 1 is 0.791 bits per heavy atom. The van der Waals surface area contributed by atoms with Gasteiger partial charge < -0.3 is 19.3 Å². The molecule has 0 unspecified atom stereocenters. The number of aliphatic hydroxyl groups is 1. The molecule has 6 rings (SSSR count). The molecule has 220 valence electrons. The highest BCUT2D eigenvalue weighted by molar-refractivity contribution is 7.99. The van der Waals surface area contributed by atoms with E-state index in [4.69, 9.17) is 14.2 Å². The van der Waals surface area contributed by atoms with E-state index in [1.165, 1.54) is 4.90 Å². The molecular weight excluding hydrogens is 562 g/mol. The molecule has 4 aromatic carbocycles. The molecule has 2 heterocycles. The first-order chi connectivity index (χ1) is 21.0. The number of carbonyl (C=O) groups excluding carboxylic acids is 2. The zero-order valence-electron chi connectivity index (χ0n) is 24.0. The number of methoxy groups -OCH3 is 1. The lowest BCUT2D eigenvalue weighted by molar-refractivity contribution is -0.268. The lowest BCUT2D eigenvalue weighted by Gasteiger charge is -2.41. The van der Waals surface area contributed by atoms with Crippen molar-refractivity contribution >= 4 is 23.6 Å². The maximum Gasteiger partial charge on any atom is 0.261 e. The molecule has 43 heavy (non-hydrogen) atoms. The summed E-state index contributed by atoms with van der Waals surface area (Å²) in [6, 6.07) is 30.4. The van der Waals surface area contributed by atoms with Gasteiger partial charge in [0.25, 0.3) is 11.8 Å². The van der Waals surface area contributed by atoms with Gasteiger partial charge in [-0.3, -0.25) is 14.5 Å². The second-order valence-corrected chi connectivity index (χ2v) is 11.8. The largest absolute Gasteiger partial charge is 0.496 e. The van der Waals surface area contributed by atoms with Crippen LogP contribution in [-0.2, 0) is 22.6 Å². The summed E-state index contributed by atoms with van der Waals surface area (Å²) < 4.78 is 18.7. The predicted molar refractivity (Wildman–Crippen MR) is 164 cm³/mol. The van der Waals surface area contributed by atoms with Gasteiger partial charge in [0.2, 0.25) is 0 Å². The van der Waals surface area contributed by atoms with Crippen molar-refractivity contribution in [1.29, 1.82) is 0 Å². The molecule has 2 aliphatic heterocycles. The van der Waals surface area contributed by atoms with Crippen LogP contribution in [0.3, 0.4) is 0 Å². The molecule has 0 aromatic heterocycles. The molecule has 1 N–H and O–H groups in total. The standard InChI is InChI=1S/C35H33NO6S/c1-22-30(21-43-31-10-6-5-9-29(31)40-2)41-35(42-32(22)25-15-13-24(20-37)14-16-25)26-17-11-23(12-18-26)19-36-33(38)27-7-3-4-8-28(27)34(36)39/h3-18,22,30,32,35,37H,19-21H2,1-2H3/t22-,30+,32+,35+/m0/s1. The number of imide groups is 1. The third-order valence-electron chi connectivity index (χ3n) is 8.07. The van der Waals surface area contributed by atoms with Gasteiger partial charge in [0.15, 0.2) is 6.29 Å². The van der Waals surface area contributed by atoms with Crippen LogP contribution >= 0.6 is 11.8 Å². The lowest BCUT2D eigenvalue weighted by Crippen LogP contribution is -2.38. The average molecular weight is 596 g/mol. The number of hydrogen-bond donors (Lipinski definition) is 1. The molecule has 8 heteroatoms. The number of fused-ring (bicyclic) bond motifs is 1. The van der Waals surface area contributed by atoms with Gasteiger partial charge in [0.05, 0.1) is 43.6 Å². The Kier molecular flexibility index (Phi) is 8.63. The van der Waals surface area contributed by atoms with Gasteiger partial charge in [-0.2, -0.15) is 0 Å². The quantitative estimate of drug-likeness (QED) is 0.173. The topological polar surface area (TPSA) is 85.3 Å². The molecule has 1 fully saturated rings. The number of nitrogens with zero attached hydrogens (tertiary/aromatic N) is 1. The number of hydrogen-bond acceptors (Lipinski definition) is 7. The number of aliphatic hydroxyl groups excluding tert-OH is 1. The third kappa shape index (κ3) is 5.96. The van der Waals surface area contributed by atoms with E-state index in [1.807, 2.05) is 72.8 Å². The summed E-state index contributed by atoms with van der Waals surface area (Å²) in [5, 5.41) is 9.53. The molecule has 4 atom stereocenters. The normalized spacial score (nSPS) is 21.6. The minimum absolute atomic E-state index is 0.0155. The van der Waals surface area contributed by atoms with Crippen molar-refractivity contribution in [1.82, 2.24) is 4.90 Å². The number of benzene rings is 4. The minimum Gasteiger partial charge on any atom is -0.496 e. The van der Waals surface area contributed by atoms with Crippen LogP contribution in [0, 0.1) is 5.92 Å². The lowest BCUT2D eigenvalue weighted by atomic mass is 9.91. The van der Waals surface area contributed by atoms with Crippen LogP contribution in [0.1, 0.15) is 62.3 Å². The predicted octanol–water partition coefficient (Wildman–Crippen LogP) is 6.57. The molecule has 1 saturated heterocycles. The smallest absolute Gasteiger partial charge is 0.261 e. The molecule has 4 aromatic rings. The number of rotatable bonds is 9. The van der Waals surface area contributed by atoms with Crippen LogP contribution in [-0.4, -0.2) is 40.8 Å². The van der Waals surface area contributed by atoms with Gasteiger partial charge in [0, 0.05) is 22.1 Å². The first-order valence-corrected chi connectivity index (χ1v) is 15.3. The summed E-state index contributed by atoms with van der Waals surface area (Å²) in [7, 11) is 1.67. The molecular formula is C35H33NO6S. The Bertz CT molecular complexity index is 1570. The maximum atomic E-state index is 12.8. The second-order valence-electron chi connectivity index (χ2n) is 10.8. The van der Waals surface area contributed by atoms with Crippen molar-refractivity contribution in [2.45, 2.75) is 43.5 Å². The van der Waals surface area contributed by atoms with Crippen LogP contribution in [0.15, 0.2) is 102 Å². The van der Waals surface area contributed by atoms with Gasteiger partial charge in [-0.25, -0.2) is 0 Å². The fourth-order valence-electron chi connectivity index (χ4n) is 5.57. The van der Waals surface area contributed by atoms with Crippen molar-refractivity contribution in [2.75, 3.05) is 12.9 Å². The zero-order valence-corrected chi connectivity index (χ0v) is 24.8. The van der Waals surface area contributed by atoms with Crippen molar-refractivity contribution in [2.24, 2.45) is 5.92 Å². The molecule has 2 aliphatic rings. The third-order valence-corrected chi connectivity index (χ3v) is 9.21. The van der Waals surface area contributed by atoms with E-state index in [0.717, 1.165) is 32.9 Å². The van der Waals surface area contributed by atoms with E-state index in [2.05, 4.69) is 6.92 Å². The summed E-state index contributed by atoms with van der Waals surface area (Å²) in [4.78, 5) is 28.0. The van der Waals surface area contributed by atoms with E-state index in [0.29, 0.717) is 16.9 Å². The highest BCUT2D eigenvalue weighted by Gasteiger charge is 2.39. The molecule has 0 spiro atoms.